The van der Waals surface area contributed by atoms with E-state index in [1.807, 2.05) is 31.2 Å². The van der Waals surface area contributed by atoms with Gasteiger partial charge in [-0.1, -0.05) is 35.4 Å². The summed E-state index contributed by atoms with van der Waals surface area (Å²) in [5.41, 5.74) is 6.55. The number of rotatable bonds is 4. The molecule has 128 valence electrons. The molecule has 0 aliphatic carbocycles. The highest BCUT2D eigenvalue weighted by Gasteiger charge is 2.14. The largest absolute Gasteiger partial charge is 0.326 e. The number of hydrogen-bond acceptors (Lipinski definition) is 3. The summed E-state index contributed by atoms with van der Waals surface area (Å²) >= 11 is 1.59. The lowest BCUT2D eigenvalue weighted by Gasteiger charge is -2.05. The van der Waals surface area contributed by atoms with Crippen LogP contribution in [-0.4, -0.2) is 10.9 Å². The average Bonchev–Trinajstić information content (AvgIpc) is 2.92. The van der Waals surface area contributed by atoms with Gasteiger partial charge in [-0.3, -0.25) is 4.79 Å². The fraction of sp³-hybridized carbons (Fsp3) is 0.238. The van der Waals surface area contributed by atoms with Gasteiger partial charge < -0.3 is 5.32 Å². The van der Waals surface area contributed by atoms with E-state index >= 15 is 0 Å². The smallest absolute Gasteiger partial charge is 0.231 e. The van der Waals surface area contributed by atoms with E-state index in [9.17, 15) is 4.79 Å². The van der Waals surface area contributed by atoms with Gasteiger partial charge in [-0.25, -0.2) is 4.98 Å². The van der Waals surface area contributed by atoms with Gasteiger partial charge in [0.2, 0.25) is 5.91 Å². The monoisotopic (exact) mass is 350 g/mol. The fourth-order valence-electron chi connectivity index (χ4n) is 2.75. The van der Waals surface area contributed by atoms with E-state index in [1.165, 1.54) is 16.7 Å². The molecular weight excluding hydrogens is 328 g/mol. The first-order valence-electron chi connectivity index (χ1n) is 8.33. The summed E-state index contributed by atoms with van der Waals surface area (Å²) in [5.74, 6) is -0.0369. The van der Waals surface area contributed by atoms with Gasteiger partial charge in [-0.05, 0) is 51.5 Å². The Bertz CT molecular complexity index is 910. The van der Waals surface area contributed by atoms with Crippen molar-refractivity contribution in [1.29, 1.82) is 0 Å². The zero-order valence-electron chi connectivity index (χ0n) is 15.0. The van der Waals surface area contributed by atoms with Crippen LogP contribution in [0.15, 0.2) is 42.5 Å². The van der Waals surface area contributed by atoms with Gasteiger partial charge in [0.1, 0.15) is 5.01 Å². The quantitative estimate of drug-likeness (QED) is 0.700. The number of carbonyl (C=O) groups excluding carboxylic acids is 1. The van der Waals surface area contributed by atoms with Crippen LogP contribution in [0.4, 0.5) is 5.69 Å². The Morgan fingerprint density at radius 2 is 1.68 bits per heavy atom. The second kappa shape index (κ2) is 7.19. The van der Waals surface area contributed by atoms with Crippen LogP contribution in [0.1, 0.15) is 26.6 Å². The fourth-order valence-corrected chi connectivity index (χ4v) is 3.69. The highest BCUT2D eigenvalue weighted by molar-refractivity contribution is 7.12. The van der Waals surface area contributed by atoms with Gasteiger partial charge >= 0.3 is 0 Å². The number of nitrogens with zero attached hydrogens (tertiary/aromatic N) is 1. The average molecular weight is 350 g/mol. The first kappa shape index (κ1) is 17.4. The number of aryl methyl sites for hydroxylation is 4. The predicted molar refractivity (Wildman–Crippen MR) is 105 cm³/mol. The van der Waals surface area contributed by atoms with Crippen molar-refractivity contribution >= 4 is 22.9 Å². The highest BCUT2D eigenvalue weighted by Crippen LogP contribution is 2.30. The maximum Gasteiger partial charge on any atom is 0.231 e. The molecule has 3 aromatic rings. The Labute approximate surface area is 152 Å². The molecule has 1 heterocycles. The standard InChI is InChI=1S/C21H22N2OS/c1-13-6-9-17(10-7-13)22-19(24)12-20-23-21(16(4)25-20)18-11-14(2)5-8-15(18)3/h5-11H,12H2,1-4H3,(H,22,24). The maximum atomic E-state index is 12.3. The van der Waals surface area contributed by atoms with Crippen molar-refractivity contribution in [3.63, 3.8) is 0 Å². The zero-order chi connectivity index (χ0) is 18.0. The van der Waals surface area contributed by atoms with Crippen LogP contribution < -0.4 is 5.32 Å². The lowest BCUT2D eigenvalue weighted by molar-refractivity contribution is -0.115. The number of nitrogens with one attached hydrogen (secondary N) is 1. The summed E-state index contributed by atoms with van der Waals surface area (Å²) in [7, 11) is 0. The van der Waals surface area contributed by atoms with E-state index in [0.717, 1.165) is 26.8 Å². The maximum absolute atomic E-state index is 12.3. The molecule has 3 nitrogen and oxygen atoms in total. The third-order valence-corrected chi connectivity index (χ3v) is 5.11. The van der Waals surface area contributed by atoms with E-state index in [-0.39, 0.29) is 5.91 Å². The Hall–Kier alpha value is -2.46. The molecule has 3 rings (SSSR count). The molecule has 0 aliphatic rings. The van der Waals surface area contributed by atoms with E-state index in [1.54, 1.807) is 11.3 Å². The van der Waals surface area contributed by atoms with Crippen molar-refractivity contribution in [2.24, 2.45) is 0 Å². The molecule has 0 spiro atoms. The SMILES string of the molecule is Cc1ccc(NC(=O)Cc2nc(-c3cc(C)ccc3C)c(C)s2)cc1. The Morgan fingerprint density at radius 1 is 1.00 bits per heavy atom. The van der Waals surface area contributed by atoms with Crippen LogP contribution in [0, 0.1) is 27.7 Å². The molecule has 0 radical (unpaired) electrons. The van der Waals surface area contributed by atoms with Gasteiger partial charge in [0.05, 0.1) is 12.1 Å². The summed E-state index contributed by atoms with van der Waals surface area (Å²) in [4.78, 5) is 18.2. The minimum absolute atomic E-state index is 0.0369. The molecular formula is C21H22N2OS. The Morgan fingerprint density at radius 3 is 2.40 bits per heavy atom. The number of hydrogen-bond donors (Lipinski definition) is 1. The first-order chi connectivity index (χ1) is 11.9. The minimum atomic E-state index is -0.0369. The number of anilines is 1. The third kappa shape index (κ3) is 4.15. The van der Waals surface area contributed by atoms with Crippen LogP contribution in [0.2, 0.25) is 0 Å². The molecule has 0 fully saturated rings. The van der Waals surface area contributed by atoms with Crippen molar-refractivity contribution in [2.45, 2.75) is 34.1 Å². The van der Waals surface area contributed by atoms with Gasteiger partial charge in [0.25, 0.3) is 0 Å². The van der Waals surface area contributed by atoms with Crippen molar-refractivity contribution in [2.75, 3.05) is 5.32 Å². The molecule has 1 N–H and O–H groups in total. The summed E-state index contributed by atoms with van der Waals surface area (Å²) < 4.78 is 0. The molecule has 0 bridgehead atoms. The van der Waals surface area contributed by atoms with E-state index in [0.29, 0.717) is 6.42 Å². The highest BCUT2D eigenvalue weighted by atomic mass is 32.1. The van der Waals surface area contributed by atoms with Crippen LogP contribution in [-0.2, 0) is 11.2 Å². The minimum Gasteiger partial charge on any atom is -0.326 e. The molecule has 25 heavy (non-hydrogen) atoms. The summed E-state index contributed by atoms with van der Waals surface area (Å²) in [6.45, 7) is 8.27. The van der Waals surface area contributed by atoms with E-state index in [4.69, 9.17) is 4.98 Å². The second-order valence-electron chi connectivity index (χ2n) is 6.42. The molecule has 0 atom stereocenters. The summed E-state index contributed by atoms with van der Waals surface area (Å²) in [6.07, 6.45) is 0.296. The molecule has 2 aromatic carbocycles. The van der Waals surface area contributed by atoms with Crippen LogP contribution in [0.3, 0.4) is 0 Å². The van der Waals surface area contributed by atoms with Crippen molar-refractivity contribution < 1.29 is 4.79 Å². The number of aromatic nitrogens is 1. The van der Waals surface area contributed by atoms with Crippen LogP contribution >= 0.6 is 11.3 Å². The predicted octanol–water partition coefficient (Wildman–Crippen LogP) is 5.22. The Balaban J connectivity index is 1.77. The summed E-state index contributed by atoms with van der Waals surface area (Å²) in [6, 6.07) is 14.2. The van der Waals surface area contributed by atoms with Crippen molar-refractivity contribution in [3.05, 3.63) is 69.0 Å². The summed E-state index contributed by atoms with van der Waals surface area (Å²) in [5, 5.41) is 3.78. The number of thiazole rings is 1. The molecule has 0 saturated heterocycles. The van der Waals surface area contributed by atoms with E-state index < -0.39 is 0 Å². The number of amides is 1. The molecule has 0 aliphatic heterocycles. The molecule has 0 saturated carbocycles. The normalized spacial score (nSPS) is 10.7. The van der Waals surface area contributed by atoms with Gasteiger partial charge in [-0.2, -0.15) is 0 Å². The van der Waals surface area contributed by atoms with Gasteiger partial charge in [0.15, 0.2) is 0 Å². The molecule has 4 heteroatoms. The van der Waals surface area contributed by atoms with Crippen LogP contribution in [0.25, 0.3) is 11.3 Å². The third-order valence-electron chi connectivity index (χ3n) is 4.14. The number of benzene rings is 2. The second-order valence-corrected chi connectivity index (χ2v) is 7.71. The van der Waals surface area contributed by atoms with Gasteiger partial charge in [0, 0.05) is 16.1 Å². The van der Waals surface area contributed by atoms with E-state index in [2.05, 4.69) is 44.3 Å². The van der Waals surface area contributed by atoms with Crippen molar-refractivity contribution in [3.8, 4) is 11.3 Å². The first-order valence-corrected chi connectivity index (χ1v) is 9.14. The van der Waals surface area contributed by atoms with Crippen LogP contribution in [0.5, 0.6) is 0 Å². The lowest BCUT2D eigenvalue weighted by atomic mass is 10.0. The number of carbonyl (C=O) groups is 1. The Kier molecular flexibility index (Phi) is 5.00. The lowest BCUT2D eigenvalue weighted by Crippen LogP contribution is -2.14. The van der Waals surface area contributed by atoms with Gasteiger partial charge in [-0.15, -0.1) is 11.3 Å². The topological polar surface area (TPSA) is 42.0 Å². The van der Waals surface area contributed by atoms with Crippen molar-refractivity contribution in [1.82, 2.24) is 4.98 Å². The zero-order valence-corrected chi connectivity index (χ0v) is 15.8. The molecule has 0 unspecified atom stereocenters. The molecule has 1 amide bonds. The molecule has 1 aromatic heterocycles.